The maximum Gasteiger partial charge on any atom is 0.193 e. The molecule has 2 aliphatic rings. The lowest BCUT2D eigenvalue weighted by Gasteiger charge is -2.25. The molecule has 146 valence electrons. The van der Waals surface area contributed by atoms with Gasteiger partial charge in [-0.1, -0.05) is 13.8 Å². The van der Waals surface area contributed by atoms with E-state index in [9.17, 15) is 8.78 Å². The van der Waals surface area contributed by atoms with Crippen molar-refractivity contribution in [2.75, 3.05) is 44.7 Å². The highest BCUT2D eigenvalue weighted by Gasteiger charge is 2.31. The van der Waals surface area contributed by atoms with E-state index < -0.39 is 11.6 Å². The monoisotopic (exact) mass is 478 g/mol. The summed E-state index contributed by atoms with van der Waals surface area (Å²) in [6.07, 6.45) is 2.22. The van der Waals surface area contributed by atoms with E-state index in [-0.39, 0.29) is 24.0 Å². The Morgan fingerprint density at radius 2 is 2.04 bits per heavy atom. The molecule has 1 unspecified atom stereocenters. The van der Waals surface area contributed by atoms with Crippen LogP contribution in [0, 0.1) is 23.0 Å². The van der Waals surface area contributed by atoms with Crippen LogP contribution >= 0.6 is 24.0 Å². The van der Waals surface area contributed by atoms with Crippen molar-refractivity contribution >= 4 is 35.6 Å². The van der Waals surface area contributed by atoms with Crippen molar-refractivity contribution < 1.29 is 8.78 Å². The highest BCUT2D eigenvalue weighted by Crippen LogP contribution is 2.29. The van der Waals surface area contributed by atoms with Gasteiger partial charge in [0.2, 0.25) is 0 Å². The molecule has 1 aromatic rings. The lowest BCUT2D eigenvalue weighted by molar-refractivity contribution is 0.368. The normalized spacial score (nSPS) is 22.5. The third-order valence-corrected chi connectivity index (χ3v) is 5.29. The number of rotatable bonds is 3. The maximum absolute atomic E-state index is 13.4. The molecule has 2 saturated heterocycles. The molecule has 2 fully saturated rings. The summed E-state index contributed by atoms with van der Waals surface area (Å²) < 4.78 is 26.5. The highest BCUT2D eigenvalue weighted by atomic mass is 127. The number of likely N-dealkylation sites (tertiary alicyclic amines) is 1. The Morgan fingerprint density at radius 3 is 2.65 bits per heavy atom. The summed E-state index contributed by atoms with van der Waals surface area (Å²) in [7, 11) is 1.83. The molecule has 1 N–H and O–H groups in total. The third-order valence-electron chi connectivity index (χ3n) is 5.29. The average Bonchev–Trinajstić information content (AvgIpc) is 3.17. The van der Waals surface area contributed by atoms with Crippen LogP contribution in [0.2, 0.25) is 0 Å². The van der Waals surface area contributed by atoms with Crippen LogP contribution in [-0.2, 0) is 0 Å². The largest absolute Gasteiger partial charge is 0.371 e. The Bertz CT molecular complexity index is 650. The van der Waals surface area contributed by atoms with Gasteiger partial charge in [0.15, 0.2) is 17.6 Å². The minimum atomic E-state index is -0.793. The van der Waals surface area contributed by atoms with Crippen molar-refractivity contribution in [1.29, 1.82) is 0 Å². The number of anilines is 1. The Morgan fingerprint density at radius 1 is 1.27 bits per heavy atom. The highest BCUT2D eigenvalue weighted by molar-refractivity contribution is 14.0. The van der Waals surface area contributed by atoms with E-state index in [4.69, 9.17) is 0 Å². The Balaban J connectivity index is 0.00000243. The zero-order valence-corrected chi connectivity index (χ0v) is 18.1. The molecule has 3 rings (SSSR count). The van der Waals surface area contributed by atoms with Gasteiger partial charge in [0.1, 0.15) is 0 Å². The van der Waals surface area contributed by atoms with Crippen LogP contribution in [0.1, 0.15) is 26.7 Å². The predicted molar refractivity (Wildman–Crippen MR) is 113 cm³/mol. The summed E-state index contributed by atoms with van der Waals surface area (Å²) in [4.78, 5) is 8.86. The van der Waals surface area contributed by atoms with Gasteiger partial charge in [-0.25, -0.2) is 8.78 Å². The molecule has 4 nitrogen and oxygen atoms in total. The Kier molecular flexibility index (Phi) is 7.10. The number of hydrogen-bond acceptors (Lipinski definition) is 2. The number of nitrogens with one attached hydrogen (secondary N) is 1. The zero-order chi connectivity index (χ0) is 18.0. The van der Waals surface area contributed by atoms with Gasteiger partial charge in [0, 0.05) is 51.5 Å². The van der Waals surface area contributed by atoms with E-state index in [0.29, 0.717) is 11.3 Å². The van der Waals surface area contributed by atoms with E-state index >= 15 is 0 Å². The van der Waals surface area contributed by atoms with Crippen LogP contribution in [0.25, 0.3) is 0 Å². The minimum Gasteiger partial charge on any atom is -0.371 e. The lowest BCUT2D eigenvalue weighted by Crippen LogP contribution is -2.42. The fourth-order valence-corrected chi connectivity index (χ4v) is 3.78. The van der Waals surface area contributed by atoms with Gasteiger partial charge in [-0.2, -0.15) is 0 Å². The fourth-order valence-electron chi connectivity index (χ4n) is 3.78. The summed E-state index contributed by atoms with van der Waals surface area (Å²) >= 11 is 0. The maximum atomic E-state index is 13.4. The van der Waals surface area contributed by atoms with Gasteiger partial charge in [-0.3, -0.25) is 4.99 Å². The second-order valence-electron chi connectivity index (χ2n) is 7.96. The Labute approximate surface area is 172 Å². The van der Waals surface area contributed by atoms with Crippen molar-refractivity contribution in [2.24, 2.45) is 16.3 Å². The predicted octanol–water partition coefficient (Wildman–Crippen LogP) is 3.72. The van der Waals surface area contributed by atoms with Crippen LogP contribution < -0.4 is 10.2 Å². The van der Waals surface area contributed by atoms with Crippen molar-refractivity contribution in [3.05, 3.63) is 29.8 Å². The number of hydrogen-bond donors (Lipinski definition) is 1. The van der Waals surface area contributed by atoms with Gasteiger partial charge >= 0.3 is 0 Å². The van der Waals surface area contributed by atoms with E-state index in [1.54, 1.807) is 6.07 Å². The molecular weight excluding hydrogens is 449 g/mol. The molecule has 0 aromatic heterocycles. The molecule has 0 saturated carbocycles. The van der Waals surface area contributed by atoms with Gasteiger partial charge in [-0.05, 0) is 36.3 Å². The van der Waals surface area contributed by atoms with Crippen molar-refractivity contribution in [2.45, 2.75) is 26.7 Å². The average molecular weight is 478 g/mol. The van der Waals surface area contributed by atoms with Crippen LogP contribution in [-0.4, -0.2) is 50.6 Å². The van der Waals surface area contributed by atoms with Gasteiger partial charge in [-0.15, -0.1) is 24.0 Å². The summed E-state index contributed by atoms with van der Waals surface area (Å²) in [5, 5.41) is 3.50. The van der Waals surface area contributed by atoms with Gasteiger partial charge in [0.25, 0.3) is 0 Å². The molecule has 0 aliphatic carbocycles. The van der Waals surface area contributed by atoms with Gasteiger partial charge in [0.05, 0.1) is 0 Å². The molecule has 1 atom stereocenters. The first kappa shape index (κ1) is 21.2. The van der Waals surface area contributed by atoms with E-state index in [1.165, 1.54) is 18.6 Å². The molecule has 0 amide bonds. The SMILES string of the molecule is CN=C(NCC1CCN(c2ccc(F)c(F)c2)C1)N1CCC(C)(C)C1.I. The standard InChI is InChI=1S/C19H28F2N4.HI/c1-19(2)7-9-25(13-19)18(22-3)23-11-14-6-8-24(12-14)15-4-5-16(20)17(21)10-15;/h4-5,10,14H,6-9,11-13H2,1-3H3,(H,22,23);1H. The number of halogens is 3. The van der Waals surface area contributed by atoms with E-state index in [1.807, 2.05) is 7.05 Å². The van der Waals surface area contributed by atoms with Crippen LogP contribution in [0.15, 0.2) is 23.2 Å². The minimum absolute atomic E-state index is 0. The second-order valence-corrected chi connectivity index (χ2v) is 7.96. The topological polar surface area (TPSA) is 30.9 Å². The molecule has 0 spiro atoms. The quantitative estimate of drug-likeness (QED) is 0.408. The van der Waals surface area contributed by atoms with Crippen molar-refractivity contribution in [1.82, 2.24) is 10.2 Å². The van der Waals surface area contributed by atoms with Crippen molar-refractivity contribution in [3.8, 4) is 0 Å². The summed E-state index contributed by atoms with van der Waals surface area (Å²) in [5.41, 5.74) is 1.10. The first-order valence-corrected chi connectivity index (χ1v) is 9.03. The summed E-state index contributed by atoms with van der Waals surface area (Å²) in [6.45, 7) is 9.21. The number of aliphatic imine (C=N–C) groups is 1. The number of guanidine groups is 1. The molecular formula is C19H29F2IN4. The smallest absolute Gasteiger partial charge is 0.193 e. The molecule has 2 heterocycles. The first-order valence-electron chi connectivity index (χ1n) is 9.03. The molecule has 1 aromatic carbocycles. The molecule has 0 radical (unpaired) electrons. The van der Waals surface area contributed by atoms with Crippen LogP contribution in [0.3, 0.4) is 0 Å². The van der Waals surface area contributed by atoms with Crippen LogP contribution in [0.4, 0.5) is 14.5 Å². The van der Waals surface area contributed by atoms with E-state index in [0.717, 1.165) is 50.8 Å². The fraction of sp³-hybridized carbons (Fsp3) is 0.632. The van der Waals surface area contributed by atoms with Crippen molar-refractivity contribution in [3.63, 3.8) is 0 Å². The Hall–Kier alpha value is -1.12. The second kappa shape index (κ2) is 8.71. The summed E-state index contributed by atoms with van der Waals surface area (Å²) in [6, 6.07) is 4.14. The lowest BCUT2D eigenvalue weighted by atomic mass is 9.93. The summed E-state index contributed by atoms with van der Waals surface area (Å²) in [5.74, 6) is -0.132. The number of benzene rings is 1. The molecule has 0 bridgehead atoms. The van der Waals surface area contributed by atoms with E-state index in [2.05, 4.69) is 34.0 Å². The molecule has 7 heteroatoms. The zero-order valence-electron chi connectivity index (χ0n) is 15.8. The first-order chi connectivity index (χ1) is 11.9. The molecule has 2 aliphatic heterocycles. The molecule has 26 heavy (non-hydrogen) atoms. The number of nitrogens with zero attached hydrogens (tertiary/aromatic N) is 3. The van der Waals surface area contributed by atoms with Gasteiger partial charge < -0.3 is 15.1 Å². The third kappa shape index (κ3) is 4.98. The van der Waals surface area contributed by atoms with Crippen LogP contribution in [0.5, 0.6) is 0 Å².